The van der Waals surface area contributed by atoms with Crippen molar-refractivity contribution in [2.24, 2.45) is 0 Å². The van der Waals surface area contributed by atoms with Gasteiger partial charge in [-0.2, -0.15) is 5.10 Å². The lowest BCUT2D eigenvalue weighted by atomic mass is 10.1. The molecule has 0 aliphatic heterocycles. The molecule has 0 bridgehead atoms. The summed E-state index contributed by atoms with van der Waals surface area (Å²) < 4.78 is 6.00. The van der Waals surface area contributed by atoms with E-state index < -0.39 is 0 Å². The van der Waals surface area contributed by atoms with Crippen molar-refractivity contribution in [3.8, 4) is 5.75 Å². The molecule has 4 rings (SSSR count). The summed E-state index contributed by atoms with van der Waals surface area (Å²) in [6, 6.07) is 16.1. The third-order valence-corrected chi connectivity index (χ3v) is 5.96. The van der Waals surface area contributed by atoms with Gasteiger partial charge in [0, 0.05) is 17.3 Å². The van der Waals surface area contributed by atoms with Gasteiger partial charge in [0.25, 0.3) is 0 Å². The third kappa shape index (κ3) is 4.01. The van der Waals surface area contributed by atoms with Crippen molar-refractivity contribution < 1.29 is 4.74 Å². The molecule has 0 saturated carbocycles. The summed E-state index contributed by atoms with van der Waals surface area (Å²) in [7, 11) is 1.66. The molecule has 2 aromatic carbocycles. The number of ether oxygens (including phenoxy) is 1. The standard InChI is InChI=1S/C19H17N5OS2/c1-12-15-5-3-4-6-16(15)17(22-21-12)26-19-24-23-18(27-19)20-11-13-7-9-14(25-2)10-8-13/h3-10H,11H2,1-2H3,(H,20,23). The zero-order valence-corrected chi connectivity index (χ0v) is 16.5. The van der Waals surface area contributed by atoms with Gasteiger partial charge < -0.3 is 10.1 Å². The molecule has 0 atom stereocenters. The predicted molar refractivity (Wildman–Crippen MR) is 109 cm³/mol. The van der Waals surface area contributed by atoms with Crippen molar-refractivity contribution in [3.05, 3.63) is 59.8 Å². The first-order chi connectivity index (χ1) is 13.2. The Morgan fingerprint density at radius 1 is 0.963 bits per heavy atom. The molecule has 1 N–H and O–H groups in total. The maximum atomic E-state index is 5.18. The SMILES string of the molecule is COc1ccc(CNc2nnc(Sc3nnc(C)c4ccccc34)s2)cc1. The average molecular weight is 396 g/mol. The fourth-order valence-corrected chi connectivity index (χ4v) is 4.34. The summed E-state index contributed by atoms with van der Waals surface area (Å²) in [6.45, 7) is 2.65. The van der Waals surface area contributed by atoms with Gasteiger partial charge in [-0.1, -0.05) is 47.7 Å². The summed E-state index contributed by atoms with van der Waals surface area (Å²) in [5.74, 6) is 0.847. The molecule has 0 aliphatic carbocycles. The quantitative estimate of drug-likeness (QED) is 0.513. The second-order valence-corrected chi connectivity index (χ2v) is 8.03. The van der Waals surface area contributed by atoms with E-state index in [2.05, 4.69) is 37.8 Å². The van der Waals surface area contributed by atoms with Gasteiger partial charge in [-0.05, 0) is 36.4 Å². The van der Waals surface area contributed by atoms with Crippen molar-refractivity contribution in [2.45, 2.75) is 22.8 Å². The predicted octanol–water partition coefficient (Wildman–Crippen LogP) is 4.56. The Morgan fingerprint density at radius 3 is 2.52 bits per heavy atom. The molecule has 6 nitrogen and oxygen atoms in total. The summed E-state index contributed by atoms with van der Waals surface area (Å²) in [5, 5.41) is 24.2. The summed E-state index contributed by atoms with van der Waals surface area (Å²) in [4.78, 5) is 0. The number of nitrogens with one attached hydrogen (secondary N) is 1. The van der Waals surface area contributed by atoms with Crippen LogP contribution in [0.3, 0.4) is 0 Å². The van der Waals surface area contributed by atoms with E-state index in [0.29, 0.717) is 6.54 Å². The van der Waals surface area contributed by atoms with E-state index >= 15 is 0 Å². The largest absolute Gasteiger partial charge is 0.497 e. The highest BCUT2D eigenvalue weighted by atomic mass is 32.2. The van der Waals surface area contributed by atoms with Crippen LogP contribution in [-0.4, -0.2) is 27.5 Å². The van der Waals surface area contributed by atoms with Gasteiger partial charge in [0.2, 0.25) is 5.13 Å². The Morgan fingerprint density at radius 2 is 1.74 bits per heavy atom. The van der Waals surface area contributed by atoms with Gasteiger partial charge >= 0.3 is 0 Å². The Balaban J connectivity index is 1.46. The van der Waals surface area contributed by atoms with Crippen molar-refractivity contribution in [1.82, 2.24) is 20.4 Å². The number of anilines is 1. The van der Waals surface area contributed by atoms with Crippen LogP contribution in [0.4, 0.5) is 5.13 Å². The highest BCUT2D eigenvalue weighted by Crippen LogP contribution is 2.35. The number of fused-ring (bicyclic) bond motifs is 1. The smallest absolute Gasteiger partial charge is 0.206 e. The van der Waals surface area contributed by atoms with Crippen molar-refractivity contribution >= 4 is 39.0 Å². The van der Waals surface area contributed by atoms with E-state index in [1.165, 1.54) is 23.1 Å². The minimum absolute atomic E-state index is 0.677. The normalized spacial score (nSPS) is 10.9. The molecule has 27 heavy (non-hydrogen) atoms. The molecule has 2 heterocycles. The topological polar surface area (TPSA) is 72.8 Å². The van der Waals surface area contributed by atoms with E-state index in [9.17, 15) is 0 Å². The summed E-state index contributed by atoms with van der Waals surface area (Å²) >= 11 is 2.99. The Bertz CT molecular complexity index is 1070. The van der Waals surface area contributed by atoms with Crippen LogP contribution in [0, 0.1) is 6.92 Å². The number of benzene rings is 2. The van der Waals surface area contributed by atoms with Gasteiger partial charge in [0.1, 0.15) is 10.8 Å². The Kier molecular flexibility index (Phi) is 5.17. The zero-order chi connectivity index (χ0) is 18.6. The molecule has 136 valence electrons. The second kappa shape index (κ2) is 7.89. The highest BCUT2D eigenvalue weighted by molar-refractivity contribution is 8.01. The van der Waals surface area contributed by atoms with Crippen LogP contribution in [-0.2, 0) is 6.54 Å². The number of hydrogen-bond donors (Lipinski definition) is 1. The lowest BCUT2D eigenvalue weighted by molar-refractivity contribution is 0.414. The number of aromatic nitrogens is 4. The van der Waals surface area contributed by atoms with Crippen LogP contribution in [0.1, 0.15) is 11.3 Å². The molecule has 0 amide bonds. The number of nitrogens with zero attached hydrogens (tertiary/aromatic N) is 4. The fraction of sp³-hybridized carbons (Fsp3) is 0.158. The summed E-state index contributed by atoms with van der Waals surface area (Å²) in [5.41, 5.74) is 2.07. The first-order valence-electron chi connectivity index (χ1n) is 8.33. The lowest BCUT2D eigenvalue weighted by Gasteiger charge is -2.04. The minimum atomic E-state index is 0.677. The molecule has 4 aromatic rings. The van der Waals surface area contributed by atoms with Gasteiger partial charge in [-0.3, -0.25) is 0 Å². The molecule has 8 heteroatoms. The second-order valence-electron chi connectivity index (χ2n) is 5.81. The number of hydrogen-bond acceptors (Lipinski definition) is 8. The molecule has 2 aromatic heterocycles. The molecule has 0 fully saturated rings. The molecular formula is C19H17N5OS2. The maximum Gasteiger partial charge on any atom is 0.206 e. The van der Waals surface area contributed by atoms with Crippen LogP contribution in [0.25, 0.3) is 10.8 Å². The maximum absolute atomic E-state index is 5.18. The van der Waals surface area contributed by atoms with Gasteiger partial charge in [-0.15, -0.1) is 15.3 Å². The van der Waals surface area contributed by atoms with E-state index in [1.807, 2.05) is 43.3 Å². The number of aryl methyl sites for hydroxylation is 1. The molecule has 0 radical (unpaired) electrons. The van der Waals surface area contributed by atoms with Gasteiger partial charge in [0.05, 0.1) is 12.8 Å². The van der Waals surface area contributed by atoms with Crippen molar-refractivity contribution in [2.75, 3.05) is 12.4 Å². The first kappa shape index (κ1) is 17.7. The van der Waals surface area contributed by atoms with E-state index in [-0.39, 0.29) is 0 Å². The minimum Gasteiger partial charge on any atom is -0.497 e. The fourth-order valence-electron chi connectivity index (χ4n) is 2.61. The molecule has 0 unspecified atom stereocenters. The van der Waals surface area contributed by atoms with Crippen LogP contribution in [0.2, 0.25) is 0 Å². The molecular weight excluding hydrogens is 378 g/mol. The Labute approximate surface area is 165 Å². The molecule has 0 saturated heterocycles. The summed E-state index contributed by atoms with van der Waals surface area (Å²) in [6.07, 6.45) is 0. The number of methoxy groups -OCH3 is 1. The lowest BCUT2D eigenvalue weighted by Crippen LogP contribution is -1.98. The van der Waals surface area contributed by atoms with Gasteiger partial charge in [0.15, 0.2) is 4.34 Å². The Hall–Kier alpha value is -2.71. The van der Waals surface area contributed by atoms with E-state index in [4.69, 9.17) is 4.74 Å². The monoisotopic (exact) mass is 395 g/mol. The van der Waals surface area contributed by atoms with E-state index in [0.717, 1.165) is 42.3 Å². The average Bonchev–Trinajstić information content (AvgIpc) is 3.16. The van der Waals surface area contributed by atoms with Crippen LogP contribution in [0.15, 0.2) is 57.9 Å². The first-order valence-corrected chi connectivity index (χ1v) is 9.96. The van der Waals surface area contributed by atoms with Crippen molar-refractivity contribution in [1.29, 1.82) is 0 Å². The zero-order valence-electron chi connectivity index (χ0n) is 14.8. The highest BCUT2D eigenvalue weighted by Gasteiger charge is 2.11. The third-order valence-electron chi connectivity index (χ3n) is 4.03. The van der Waals surface area contributed by atoms with E-state index in [1.54, 1.807) is 7.11 Å². The van der Waals surface area contributed by atoms with Gasteiger partial charge in [-0.25, -0.2) is 0 Å². The molecule has 0 aliphatic rings. The molecule has 0 spiro atoms. The van der Waals surface area contributed by atoms with Crippen LogP contribution < -0.4 is 10.1 Å². The number of rotatable bonds is 6. The van der Waals surface area contributed by atoms with Crippen LogP contribution >= 0.6 is 23.1 Å². The van der Waals surface area contributed by atoms with Crippen LogP contribution in [0.5, 0.6) is 5.75 Å². The van der Waals surface area contributed by atoms with Crippen molar-refractivity contribution in [3.63, 3.8) is 0 Å².